The van der Waals surface area contributed by atoms with Crippen LogP contribution in [0.1, 0.15) is 29.3 Å². The molecule has 2 aliphatic rings. The lowest BCUT2D eigenvalue weighted by Crippen LogP contribution is -2.23. The van der Waals surface area contributed by atoms with Gasteiger partial charge in [-0.15, -0.1) is 0 Å². The molecule has 0 radical (unpaired) electrons. The number of ether oxygens (including phenoxy) is 2. The van der Waals surface area contributed by atoms with Crippen molar-refractivity contribution in [2.24, 2.45) is 0 Å². The first-order valence-electron chi connectivity index (χ1n) is 8.97. The molecule has 0 fully saturated rings. The van der Waals surface area contributed by atoms with E-state index >= 15 is 0 Å². The molecule has 5 rings (SSSR count). The topological polar surface area (TPSA) is 64.9 Å². The number of carbonyl (C=O) groups is 1. The molecule has 0 bridgehead atoms. The number of hydrogen-bond donors (Lipinski definition) is 1. The van der Waals surface area contributed by atoms with Crippen LogP contribution in [-0.2, 0) is 11.3 Å². The van der Waals surface area contributed by atoms with Gasteiger partial charge in [0.05, 0.1) is 25.0 Å². The number of nitrogens with one attached hydrogen (secondary N) is 1. The fourth-order valence-electron chi connectivity index (χ4n) is 3.97. The van der Waals surface area contributed by atoms with Crippen LogP contribution in [0.4, 0.5) is 0 Å². The van der Waals surface area contributed by atoms with Crippen molar-refractivity contribution in [3.63, 3.8) is 0 Å². The van der Waals surface area contributed by atoms with Crippen LogP contribution in [-0.4, -0.2) is 29.0 Å². The van der Waals surface area contributed by atoms with E-state index < -0.39 is 0 Å². The third-order valence-electron chi connectivity index (χ3n) is 5.22. The second-order valence-corrected chi connectivity index (χ2v) is 6.79. The molecule has 0 saturated heterocycles. The zero-order valence-corrected chi connectivity index (χ0v) is 14.9. The van der Waals surface area contributed by atoms with Gasteiger partial charge in [0.1, 0.15) is 12.3 Å². The molecule has 1 aromatic carbocycles. The van der Waals surface area contributed by atoms with Crippen LogP contribution in [0, 0.1) is 0 Å². The number of imidazole rings is 1. The van der Waals surface area contributed by atoms with Gasteiger partial charge < -0.3 is 19.2 Å². The fourth-order valence-corrected chi connectivity index (χ4v) is 3.97. The third kappa shape index (κ3) is 2.56. The Morgan fingerprint density at radius 3 is 3.07 bits per heavy atom. The van der Waals surface area contributed by atoms with Crippen molar-refractivity contribution in [1.82, 2.24) is 14.7 Å². The summed E-state index contributed by atoms with van der Waals surface area (Å²) in [6.07, 6.45) is 4.51. The Kier molecular flexibility index (Phi) is 3.63. The zero-order chi connectivity index (χ0) is 18.4. The number of hydrogen-bond acceptors (Lipinski definition) is 4. The van der Waals surface area contributed by atoms with Crippen molar-refractivity contribution < 1.29 is 14.3 Å². The maximum Gasteiger partial charge on any atom is 0.221 e. The first-order valence-corrected chi connectivity index (χ1v) is 8.97. The number of carbonyl (C=O) groups excluding carboxylic acids is 1. The molecule has 2 aromatic heterocycles. The van der Waals surface area contributed by atoms with Crippen LogP contribution < -0.4 is 14.8 Å². The summed E-state index contributed by atoms with van der Waals surface area (Å²) < 4.78 is 13.5. The molecule has 1 amide bonds. The molecule has 0 aliphatic carbocycles. The molecule has 136 valence electrons. The molecule has 6 heteroatoms. The summed E-state index contributed by atoms with van der Waals surface area (Å²) in [5.41, 5.74) is 4.90. The molecule has 1 N–H and O–H groups in total. The van der Waals surface area contributed by atoms with E-state index in [1.54, 1.807) is 7.11 Å². The van der Waals surface area contributed by atoms with Crippen LogP contribution in [0.5, 0.6) is 11.5 Å². The summed E-state index contributed by atoms with van der Waals surface area (Å²) in [5.74, 6) is 1.41. The highest BCUT2D eigenvalue weighted by atomic mass is 16.5. The maximum absolute atomic E-state index is 12.3. The van der Waals surface area contributed by atoms with E-state index in [9.17, 15) is 4.79 Å². The molecule has 3 aromatic rings. The highest BCUT2D eigenvalue weighted by Gasteiger charge is 2.32. The van der Waals surface area contributed by atoms with Gasteiger partial charge in [0.15, 0.2) is 11.5 Å². The Balaban J connectivity index is 1.66. The minimum absolute atomic E-state index is 0.0278. The highest BCUT2D eigenvalue weighted by Crippen LogP contribution is 2.41. The smallest absolute Gasteiger partial charge is 0.221 e. The first-order chi connectivity index (χ1) is 13.2. The van der Waals surface area contributed by atoms with Crippen molar-refractivity contribution in [3.8, 4) is 11.5 Å². The van der Waals surface area contributed by atoms with Crippen LogP contribution in [0.3, 0.4) is 0 Å². The van der Waals surface area contributed by atoms with Gasteiger partial charge in [0.2, 0.25) is 5.91 Å². The third-order valence-corrected chi connectivity index (χ3v) is 5.22. The van der Waals surface area contributed by atoms with E-state index in [2.05, 4.69) is 15.8 Å². The van der Waals surface area contributed by atoms with E-state index in [-0.39, 0.29) is 11.8 Å². The summed E-state index contributed by atoms with van der Waals surface area (Å²) in [7, 11) is 1.64. The lowest BCUT2D eigenvalue weighted by molar-refractivity contribution is -0.121. The molecule has 4 heterocycles. The number of methoxy groups -OCH3 is 1. The van der Waals surface area contributed by atoms with Gasteiger partial charge in [0.25, 0.3) is 0 Å². The number of nitrogens with zero attached hydrogens (tertiary/aromatic N) is 2. The van der Waals surface area contributed by atoms with E-state index in [4.69, 9.17) is 14.5 Å². The second kappa shape index (κ2) is 6.16. The maximum atomic E-state index is 12.3. The Morgan fingerprint density at radius 2 is 2.19 bits per heavy atom. The van der Waals surface area contributed by atoms with E-state index in [1.807, 2.05) is 42.6 Å². The van der Waals surface area contributed by atoms with E-state index in [1.165, 1.54) is 0 Å². The number of fused-ring (bicyclic) bond motifs is 4. The number of para-hydroxylation sites is 1. The molecule has 2 aliphatic heterocycles. The summed E-state index contributed by atoms with van der Waals surface area (Å²) in [6.45, 7) is 0.871. The van der Waals surface area contributed by atoms with Crippen LogP contribution in [0.2, 0.25) is 0 Å². The molecule has 27 heavy (non-hydrogen) atoms. The van der Waals surface area contributed by atoms with E-state index in [0.717, 1.165) is 39.7 Å². The van der Waals surface area contributed by atoms with Gasteiger partial charge >= 0.3 is 0 Å². The van der Waals surface area contributed by atoms with Crippen LogP contribution in [0.15, 0.2) is 48.2 Å². The van der Waals surface area contributed by atoms with Gasteiger partial charge in [-0.3, -0.25) is 4.79 Å². The van der Waals surface area contributed by atoms with Crippen LogP contribution in [0.25, 0.3) is 11.7 Å². The monoisotopic (exact) mass is 361 g/mol. The predicted molar refractivity (Wildman–Crippen MR) is 101 cm³/mol. The molecule has 0 unspecified atom stereocenters. The Labute approximate surface area is 156 Å². The first kappa shape index (κ1) is 15.9. The van der Waals surface area contributed by atoms with Crippen molar-refractivity contribution >= 4 is 17.6 Å². The summed E-state index contributed by atoms with van der Waals surface area (Å²) in [4.78, 5) is 17.1. The molecular weight excluding hydrogens is 342 g/mol. The predicted octanol–water partition coefficient (Wildman–Crippen LogP) is 2.92. The Morgan fingerprint density at radius 1 is 1.26 bits per heavy atom. The lowest BCUT2D eigenvalue weighted by atomic mass is 9.89. The van der Waals surface area contributed by atoms with E-state index in [0.29, 0.717) is 19.6 Å². The van der Waals surface area contributed by atoms with Crippen LogP contribution >= 0.6 is 0 Å². The van der Waals surface area contributed by atoms with Crippen molar-refractivity contribution in [2.75, 3.05) is 13.7 Å². The molecule has 0 spiro atoms. The highest BCUT2D eigenvalue weighted by molar-refractivity contribution is 5.79. The Bertz CT molecular complexity index is 1080. The summed E-state index contributed by atoms with van der Waals surface area (Å²) in [6, 6.07) is 11.8. The minimum atomic E-state index is -0.0840. The average Bonchev–Trinajstić information content (AvgIpc) is 2.99. The number of aromatic nitrogens is 2. The van der Waals surface area contributed by atoms with Crippen molar-refractivity contribution in [3.05, 3.63) is 65.1 Å². The van der Waals surface area contributed by atoms with Crippen molar-refractivity contribution in [1.29, 1.82) is 0 Å². The van der Waals surface area contributed by atoms with Crippen molar-refractivity contribution in [2.45, 2.75) is 18.9 Å². The Hall–Kier alpha value is -3.28. The number of amides is 1. The standard InChI is InChI=1S/C21H19N3O3/c1-26-17-6-4-5-13-9-14(12-27-21(13)17)15-10-19(25)22-11-16-20(15)24-8-3-2-7-18(24)23-16/h2-9,15H,10-12H2,1H3,(H,22,25)/t15-/m1/s1. The molecule has 6 nitrogen and oxygen atoms in total. The van der Waals surface area contributed by atoms with Gasteiger partial charge in [-0.1, -0.05) is 18.2 Å². The van der Waals surface area contributed by atoms with Gasteiger partial charge in [0, 0.05) is 24.1 Å². The number of pyridine rings is 1. The minimum Gasteiger partial charge on any atom is -0.493 e. The zero-order valence-electron chi connectivity index (χ0n) is 14.9. The second-order valence-electron chi connectivity index (χ2n) is 6.79. The number of benzene rings is 1. The largest absolute Gasteiger partial charge is 0.493 e. The normalized spacial score (nSPS) is 18.6. The summed E-state index contributed by atoms with van der Waals surface area (Å²) >= 11 is 0. The SMILES string of the molecule is COc1cccc2c1OCC([C@H]1CC(=O)NCc3nc4ccccn4c31)=C2. The quantitative estimate of drug-likeness (QED) is 0.762. The van der Waals surface area contributed by atoms with Gasteiger partial charge in [-0.2, -0.15) is 0 Å². The van der Waals surface area contributed by atoms with Gasteiger partial charge in [-0.05, 0) is 29.8 Å². The molecule has 0 saturated carbocycles. The molecular formula is C21H19N3O3. The summed E-state index contributed by atoms with van der Waals surface area (Å²) in [5, 5.41) is 2.97. The molecule has 1 atom stereocenters. The average molecular weight is 361 g/mol. The number of rotatable bonds is 2. The fraction of sp³-hybridized carbons (Fsp3) is 0.238. The lowest BCUT2D eigenvalue weighted by Gasteiger charge is -2.25. The van der Waals surface area contributed by atoms with Gasteiger partial charge in [-0.25, -0.2) is 4.98 Å².